The number of hydrogen-bond donors (Lipinski definition) is 1. The number of rotatable bonds is 6. The molecule has 7 nitrogen and oxygen atoms in total. The largest absolute Gasteiger partial charge is 0.493 e. The molecular weight excluding hydrogens is 358 g/mol. The number of ether oxygens (including phenoxy) is 2. The second-order valence-electron chi connectivity index (χ2n) is 7.00. The molecule has 1 aliphatic rings. The quantitative estimate of drug-likeness (QED) is 0.822. The van der Waals surface area contributed by atoms with Crippen LogP contribution in [0.25, 0.3) is 0 Å². The summed E-state index contributed by atoms with van der Waals surface area (Å²) in [4.78, 5) is 33.3. The zero-order chi connectivity index (χ0) is 20.3. The Balaban J connectivity index is 1.86. The van der Waals surface area contributed by atoms with E-state index < -0.39 is 0 Å². The van der Waals surface area contributed by atoms with Crippen LogP contribution in [-0.4, -0.2) is 35.9 Å². The fourth-order valence-corrected chi connectivity index (χ4v) is 3.27. The van der Waals surface area contributed by atoms with Crippen LogP contribution in [-0.2, 0) is 11.2 Å². The second kappa shape index (κ2) is 8.37. The van der Waals surface area contributed by atoms with Crippen molar-refractivity contribution < 1.29 is 19.1 Å². The first-order chi connectivity index (χ1) is 13.5. The van der Waals surface area contributed by atoms with E-state index in [1.807, 2.05) is 32.0 Å². The molecule has 28 heavy (non-hydrogen) atoms. The molecule has 0 saturated heterocycles. The van der Waals surface area contributed by atoms with Crippen molar-refractivity contribution >= 4 is 17.6 Å². The molecule has 0 aliphatic heterocycles. The summed E-state index contributed by atoms with van der Waals surface area (Å²) in [5.74, 6) is 1.24. The predicted octanol–water partition coefficient (Wildman–Crippen LogP) is 3.39. The number of Topliss-reactive ketones (excluding diaryl/α,β-unsaturated/α-hetero) is 1. The SMILES string of the molecule is CC[C@@H](C)C(=O)Nc1ncc2c(n1)C[C@H](c1ccc(OC)c(OC)c1)CC2=O. The number of amides is 1. The van der Waals surface area contributed by atoms with Crippen LogP contribution in [0.1, 0.15) is 54.2 Å². The van der Waals surface area contributed by atoms with E-state index in [2.05, 4.69) is 15.3 Å². The van der Waals surface area contributed by atoms with Crippen LogP contribution in [0, 0.1) is 5.92 Å². The normalized spacial score (nSPS) is 16.9. The van der Waals surface area contributed by atoms with Crippen molar-refractivity contribution in [3.05, 3.63) is 41.2 Å². The highest BCUT2D eigenvalue weighted by Crippen LogP contribution is 2.36. The molecule has 0 radical (unpaired) electrons. The first kappa shape index (κ1) is 19.8. The minimum absolute atomic E-state index is 0.000776. The van der Waals surface area contributed by atoms with Crippen molar-refractivity contribution in [1.82, 2.24) is 9.97 Å². The van der Waals surface area contributed by atoms with Crippen molar-refractivity contribution in [2.24, 2.45) is 5.92 Å². The first-order valence-electron chi connectivity index (χ1n) is 9.38. The topological polar surface area (TPSA) is 90.4 Å². The maximum atomic E-state index is 12.6. The summed E-state index contributed by atoms with van der Waals surface area (Å²) in [6.07, 6.45) is 3.22. The molecule has 1 aromatic carbocycles. The maximum Gasteiger partial charge on any atom is 0.229 e. The van der Waals surface area contributed by atoms with Crippen LogP contribution >= 0.6 is 0 Å². The lowest BCUT2D eigenvalue weighted by Gasteiger charge is -2.24. The number of carbonyl (C=O) groups is 2. The lowest BCUT2D eigenvalue weighted by atomic mass is 9.82. The van der Waals surface area contributed by atoms with Crippen molar-refractivity contribution in [3.63, 3.8) is 0 Å². The van der Waals surface area contributed by atoms with E-state index in [1.54, 1.807) is 14.2 Å². The van der Waals surface area contributed by atoms with Crippen LogP contribution in [0.15, 0.2) is 24.4 Å². The van der Waals surface area contributed by atoms with Gasteiger partial charge in [0.1, 0.15) is 0 Å². The molecule has 1 aromatic heterocycles. The highest BCUT2D eigenvalue weighted by Gasteiger charge is 2.29. The van der Waals surface area contributed by atoms with Crippen LogP contribution < -0.4 is 14.8 Å². The van der Waals surface area contributed by atoms with E-state index in [9.17, 15) is 9.59 Å². The highest BCUT2D eigenvalue weighted by atomic mass is 16.5. The van der Waals surface area contributed by atoms with Gasteiger partial charge in [-0.15, -0.1) is 0 Å². The molecule has 0 bridgehead atoms. The number of carbonyl (C=O) groups excluding carboxylic acids is 2. The van der Waals surface area contributed by atoms with Crippen LogP contribution in [0.3, 0.4) is 0 Å². The van der Waals surface area contributed by atoms with Gasteiger partial charge in [-0.25, -0.2) is 9.97 Å². The second-order valence-corrected chi connectivity index (χ2v) is 7.00. The summed E-state index contributed by atoms with van der Waals surface area (Å²) in [6, 6.07) is 5.68. The van der Waals surface area contributed by atoms with E-state index in [0.29, 0.717) is 35.6 Å². The Morgan fingerprint density at radius 3 is 2.68 bits per heavy atom. The van der Waals surface area contributed by atoms with Gasteiger partial charge < -0.3 is 9.47 Å². The van der Waals surface area contributed by atoms with E-state index in [4.69, 9.17) is 9.47 Å². The Labute approximate surface area is 164 Å². The monoisotopic (exact) mass is 383 g/mol. The third-order valence-electron chi connectivity index (χ3n) is 5.21. The van der Waals surface area contributed by atoms with Crippen LogP contribution in [0.2, 0.25) is 0 Å². The van der Waals surface area contributed by atoms with Gasteiger partial charge in [0.25, 0.3) is 0 Å². The van der Waals surface area contributed by atoms with E-state index in [0.717, 1.165) is 12.0 Å². The van der Waals surface area contributed by atoms with Gasteiger partial charge in [-0.2, -0.15) is 0 Å². The summed E-state index contributed by atoms with van der Waals surface area (Å²) in [5.41, 5.74) is 2.17. The van der Waals surface area contributed by atoms with Crippen molar-refractivity contribution in [1.29, 1.82) is 0 Å². The van der Waals surface area contributed by atoms with Gasteiger partial charge in [-0.3, -0.25) is 14.9 Å². The number of methoxy groups -OCH3 is 2. The molecule has 1 amide bonds. The molecule has 148 valence electrons. The van der Waals surface area contributed by atoms with Gasteiger partial charge in [-0.05, 0) is 36.5 Å². The summed E-state index contributed by atoms with van der Waals surface area (Å²) >= 11 is 0. The lowest BCUT2D eigenvalue weighted by Crippen LogP contribution is -2.24. The Hall–Kier alpha value is -2.96. The molecule has 0 saturated carbocycles. The molecule has 2 aromatic rings. The number of hydrogen-bond acceptors (Lipinski definition) is 6. The molecule has 1 aliphatic carbocycles. The molecule has 0 fully saturated rings. The third kappa shape index (κ3) is 3.98. The predicted molar refractivity (Wildman–Crippen MR) is 105 cm³/mol. The van der Waals surface area contributed by atoms with E-state index >= 15 is 0 Å². The highest BCUT2D eigenvalue weighted by molar-refractivity contribution is 5.99. The standard InChI is InChI=1S/C21H25N3O4/c1-5-12(2)20(26)24-21-22-11-15-16(23-21)8-14(9-17(15)25)13-6-7-18(27-3)19(10-13)28-4/h6-7,10-12,14H,5,8-9H2,1-4H3,(H,22,23,24,26)/t12-,14+/m1/s1. The molecule has 1 heterocycles. The van der Waals surface area contributed by atoms with Crippen molar-refractivity contribution in [2.45, 2.75) is 39.0 Å². The molecule has 0 unspecified atom stereocenters. The number of fused-ring (bicyclic) bond motifs is 1. The summed E-state index contributed by atoms with van der Waals surface area (Å²) in [7, 11) is 3.17. The Morgan fingerprint density at radius 2 is 2.00 bits per heavy atom. The summed E-state index contributed by atoms with van der Waals surface area (Å²) in [5, 5.41) is 2.74. The van der Waals surface area contributed by atoms with Crippen molar-refractivity contribution in [2.75, 3.05) is 19.5 Å². The molecule has 1 N–H and O–H groups in total. The third-order valence-corrected chi connectivity index (χ3v) is 5.21. The van der Waals surface area contributed by atoms with Gasteiger partial charge >= 0.3 is 0 Å². The fraction of sp³-hybridized carbons (Fsp3) is 0.429. The zero-order valence-corrected chi connectivity index (χ0v) is 16.6. The van der Waals surface area contributed by atoms with Crippen LogP contribution in [0.4, 0.5) is 5.95 Å². The van der Waals surface area contributed by atoms with Gasteiger partial charge in [-0.1, -0.05) is 19.9 Å². The zero-order valence-electron chi connectivity index (χ0n) is 16.6. The Morgan fingerprint density at radius 1 is 1.25 bits per heavy atom. The maximum absolute atomic E-state index is 12.6. The Bertz CT molecular complexity index is 897. The minimum atomic E-state index is -0.124. The van der Waals surface area contributed by atoms with Crippen molar-refractivity contribution in [3.8, 4) is 11.5 Å². The smallest absolute Gasteiger partial charge is 0.229 e. The number of ketones is 1. The molecule has 0 spiro atoms. The number of benzene rings is 1. The lowest BCUT2D eigenvalue weighted by molar-refractivity contribution is -0.119. The first-order valence-corrected chi connectivity index (χ1v) is 9.38. The average molecular weight is 383 g/mol. The molecule has 7 heteroatoms. The van der Waals surface area contributed by atoms with Gasteiger partial charge in [0.2, 0.25) is 11.9 Å². The summed E-state index contributed by atoms with van der Waals surface area (Å²) in [6.45, 7) is 3.80. The van der Waals surface area contributed by atoms with Gasteiger partial charge in [0.05, 0.1) is 25.5 Å². The Kier molecular flexibility index (Phi) is 5.92. The van der Waals surface area contributed by atoms with Gasteiger partial charge in [0.15, 0.2) is 17.3 Å². The van der Waals surface area contributed by atoms with E-state index in [1.165, 1.54) is 6.20 Å². The summed E-state index contributed by atoms with van der Waals surface area (Å²) < 4.78 is 10.7. The molecular formula is C21H25N3O4. The number of aromatic nitrogens is 2. The molecule has 3 rings (SSSR count). The van der Waals surface area contributed by atoms with Gasteiger partial charge in [0, 0.05) is 18.5 Å². The fourth-order valence-electron chi connectivity index (χ4n) is 3.27. The minimum Gasteiger partial charge on any atom is -0.493 e. The van der Waals surface area contributed by atoms with Crippen LogP contribution in [0.5, 0.6) is 11.5 Å². The number of nitrogens with one attached hydrogen (secondary N) is 1. The molecule has 2 atom stereocenters. The number of anilines is 1. The van der Waals surface area contributed by atoms with E-state index in [-0.39, 0.29) is 29.5 Å². The average Bonchev–Trinajstić information content (AvgIpc) is 2.72. The number of nitrogens with zero attached hydrogens (tertiary/aromatic N) is 2.